The summed E-state index contributed by atoms with van der Waals surface area (Å²) in [5.41, 5.74) is 9.43. The van der Waals surface area contributed by atoms with Crippen LogP contribution in [0, 0.1) is 0 Å². The first kappa shape index (κ1) is 24.7. The van der Waals surface area contributed by atoms with Gasteiger partial charge in [-0.15, -0.1) is 11.3 Å². The largest absolute Gasteiger partial charge is 0.403 e. The van der Waals surface area contributed by atoms with Gasteiger partial charge in [-0.2, -0.15) is 0 Å². The number of nitrogen functional groups attached to an aromatic ring is 1. The quantitative estimate of drug-likeness (QED) is 0.302. The number of benzene rings is 3. The lowest BCUT2D eigenvalue weighted by Crippen LogP contribution is -2.66. The highest BCUT2D eigenvalue weighted by Crippen LogP contribution is 2.39. The van der Waals surface area contributed by atoms with E-state index < -0.39 is 8.32 Å². The molecule has 1 aliphatic rings. The fourth-order valence-corrected chi connectivity index (χ4v) is 10.7. The van der Waals surface area contributed by atoms with E-state index >= 15 is 0 Å². The minimum absolute atomic E-state index is 0.0339. The van der Waals surface area contributed by atoms with Gasteiger partial charge in [0.05, 0.1) is 18.3 Å². The number of rotatable bonds is 7. The van der Waals surface area contributed by atoms with Crippen LogP contribution in [0.5, 0.6) is 0 Å². The van der Waals surface area contributed by atoms with Crippen LogP contribution in [0.15, 0.2) is 90.3 Å². The minimum atomic E-state index is -2.55. The average molecular weight is 514 g/mol. The Morgan fingerprint density at radius 3 is 2.08 bits per heavy atom. The van der Waals surface area contributed by atoms with Crippen molar-refractivity contribution in [2.45, 2.75) is 51.3 Å². The van der Waals surface area contributed by atoms with Gasteiger partial charge >= 0.3 is 0 Å². The third-order valence-electron chi connectivity index (χ3n) is 7.27. The normalized spacial score (nSPS) is 16.4. The lowest BCUT2D eigenvalue weighted by Gasteiger charge is -2.43. The van der Waals surface area contributed by atoms with Crippen molar-refractivity contribution in [1.82, 2.24) is 4.98 Å². The molecule has 1 aromatic heterocycles. The second-order valence-corrected chi connectivity index (χ2v) is 15.8. The molecule has 1 aliphatic heterocycles. The summed E-state index contributed by atoms with van der Waals surface area (Å²) in [5.74, 6) is 0. The maximum absolute atomic E-state index is 7.11. The molecule has 2 heterocycles. The molecular weight excluding hydrogens is 479 g/mol. The van der Waals surface area contributed by atoms with Crippen molar-refractivity contribution in [2.75, 3.05) is 17.2 Å². The third-order valence-corrected chi connectivity index (χ3v) is 12.9. The van der Waals surface area contributed by atoms with Crippen LogP contribution in [0.1, 0.15) is 50.9 Å². The molecule has 0 radical (unpaired) electrons. The first-order valence-corrected chi connectivity index (χ1v) is 15.5. The molecule has 186 valence electrons. The Kier molecular flexibility index (Phi) is 7.02. The van der Waals surface area contributed by atoms with Gasteiger partial charge in [-0.05, 0) is 45.9 Å². The standard InChI is InChI=1S/C30H35N3OSSi/c1-30(2,3)36(25-11-6-4-7-12-25,26-13-8-5-9-14-26)34-21-23-16-18-24(19-17-23)33-20-10-15-28(33)27-22-35-29(31)32-27/h4-9,11-14,16-19,22,28H,10,15,20-21H2,1-3H3,(H2,31,32)/t28-/m1/s1. The van der Waals surface area contributed by atoms with E-state index in [4.69, 9.17) is 10.2 Å². The van der Waals surface area contributed by atoms with E-state index in [0.29, 0.717) is 17.8 Å². The van der Waals surface area contributed by atoms with Crippen molar-refractivity contribution in [3.8, 4) is 0 Å². The molecule has 1 atom stereocenters. The second kappa shape index (κ2) is 10.2. The Morgan fingerprint density at radius 1 is 0.944 bits per heavy atom. The molecule has 4 nitrogen and oxygen atoms in total. The zero-order valence-corrected chi connectivity index (χ0v) is 23.2. The lowest BCUT2D eigenvalue weighted by molar-refractivity contribution is 0.286. The van der Waals surface area contributed by atoms with E-state index in [2.05, 4.69) is 121 Å². The van der Waals surface area contributed by atoms with E-state index in [0.717, 1.165) is 18.7 Å². The maximum atomic E-state index is 7.11. The van der Waals surface area contributed by atoms with Gasteiger partial charge in [-0.3, -0.25) is 0 Å². The summed E-state index contributed by atoms with van der Waals surface area (Å²) in [6, 6.07) is 30.9. The molecule has 6 heteroatoms. The molecule has 0 bridgehead atoms. The van der Waals surface area contributed by atoms with Gasteiger partial charge in [0.15, 0.2) is 5.13 Å². The smallest absolute Gasteiger partial charge is 0.261 e. The average Bonchev–Trinajstić information content (AvgIpc) is 3.54. The van der Waals surface area contributed by atoms with Crippen molar-refractivity contribution >= 4 is 40.8 Å². The van der Waals surface area contributed by atoms with E-state index in [-0.39, 0.29) is 5.04 Å². The summed E-state index contributed by atoms with van der Waals surface area (Å²) in [6.07, 6.45) is 2.28. The van der Waals surface area contributed by atoms with Crippen LogP contribution in [0.4, 0.5) is 10.8 Å². The second-order valence-electron chi connectivity index (χ2n) is 10.6. The van der Waals surface area contributed by atoms with E-state index in [1.807, 2.05) is 0 Å². The van der Waals surface area contributed by atoms with Gasteiger partial charge in [0.1, 0.15) is 0 Å². The molecule has 0 amide bonds. The number of hydrogen-bond donors (Lipinski definition) is 1. The Labute approximate surface area is 219 Å². The van der Waals surface area contributed by atoms with Crippen LogP contribution in [0.2, 0.25) is 5.04 Å². The molecule has 4 aromatic rings. The lowest BCUT2D eigenvalue weighted by atomic mass is 10.1. The number of thiazole rings is 1. The predicted octanol–water partition coefficient (Wildman–Crippen LogP) is 6.14. The Morgan fingerprint density at radius 2 is 1.56 bits per heavy atom. The van der Waals surface area contributed by atoms with Crippen molar-refractivity contribution in [3.05, 3.63) is 102 Å². The molecule has 0 spiro atoms. The zero-order valence-electron chi connectivity index (χ0n) is 21.4. The first-order chi connectivity index (χ1) is 17.4. The van der Waals surface area contributed by atoms with Crippen LogP contribution in [-0.4, -0.2) is 19.8 Å². The van der Waals surface area contributed by atoms with Crippen molar-refractivity contribution in [3.63, 3.8) is 0 Å². The Bertz CT molecular complexity index is 1230. The van der Waals surface area contributed by atoms with E-state index in [9.17, 15) is 0 Å². The van der Waals surface area contributed by atoms with Crippen LogP contribution in [-0.2, 0) is 11.0 Å². The summed E-state index contributed by atoms with van der Waals surface area (Å²) in [6.45, 7) is 8.59. The minimum Gasteiger partial charge on any atom is -0.403 e. The molecule has 0 aliphatic carbocycles. The summed E-state index contributed by atoms with van der Waals surface area (Å²) >= 11 is 1.53. The monoisotopic (exact) mass is 513 g/mol. The molecular formula is C30H35N3OSSi. The van der Waals surface area contributed by atoms with Crippen LogP contribution in [0.3, 0.4) is 0 Å². The van der Waals surface area contributed by atoms with Crippen molar-refractivity contribution < 1.29 is 4.43 Å². The number of aromatic nitrogens is 1. The maximum Gasteiger partial charge on any atom is 0.261 e. The van der Waals surface area contributed by atoms with Gasteiger partial charge in [-0.1, -0.05) is 93.6 Å². The molecule has 5 rings (SSSR count). The number of nitrogens with zero attached hydrogens (tertiary/aromatic N) is 2. The highest BCUT2D eigenvalue weighted by Gasteiger charge is 2.50. The van der Waals surface area contributed by atoms with Crippen LogP contribution in [0.25, 0.3) is 0 Å². The van der Waals surface area contributed by atoms with Gasteiger partial charge in [-0.25, -0.2) is 4.98 Å². The third kappa shape index (κ3) is 4.73. The highest BCUT2D eigenvalue weighted by atomic mass is 32.1. The van der Waals surface area contributed by atoms with Gasteiger partial charge in [0.25, 0.3) is 8.32 Å². The molecule has 0 saturated carbocycles. The number of nitrogens with two attached hydrogens (primary N) is 1. The fraction of sp³-hybridized carbons (Fsp3) is 0.300. The number of hydrogen-bond acceptors (Lipinski definition) is 5. The highest BCUT2D eigenvalue weighted by molar-refractivity contribution is 7.13. The van der Waals surface area contributed by atoms with E-state index in [1.54, 1.807) is 0 Å². The topological polar surface area (TPSA) is 51.4 Å². The molecule has 0 unspecified atom stereocenters. The van der Waals surface area contributed by atoms with Crippen molar-refractivity contribution in [2.24, 2.45) is 0 Å². The van der Waals surface area contributed by atoms with Crippen molar-refractivity contribution in [1.29, 1.82) is 0 Å². The first-order valence-electron chi connectivity index (χ1n) is 12.7. The Balaban J connectivity index is 1.41. The van der Waals surface area contributed by atoms with Gasteiger partial charge in [0, 0.05) is 17.6 Å². The molecule has 3 aromatic carbocycles. The fourth-order valence-electron chi connectivity index (χ4n) is 5.57. The summed E-state index contributed by atoms with van der Waals surface area (Å²) < 4.78 is 7.11. The van der Waals surface area contributed by atoms with E-state index in [1.165, 1.54) is 39.4 Å². The molecule has 1 saturated heterocycles. The van der Waals surface area contributed by atoms with Gasteiger partial charge in [0.2, 0.25) is 0 Å². The van der Waals surface area contributed by atoms with Gasteiger partial charge < -0.3 is 15.1 Å². The molecule has 1 fully saturated rings. The molecule has 36 heavy (non-hydrogen) atoms. The SMILES string of the molecule is CC(C)(C)[Si](OCc1ccc(N2CCC[C@@H]2c2csc(N)n2)cc1)(c1ccccc1)c1ccccc1. The Hall–Kier alpha value is -2.93. The van der Waals surface area contributed by atoms with Crippen LogP contribution >= 0.6 is 11.3 Å². The molecule has 2 N–H and O–H groups in total. The summed E-state index contributed by atoms with van der Waals surface area (Å²) in [5, 5.41) is 5.33. The number of anilines is 2. The van der Waals surface area contributed by atoms with Crippen LogP contribution < -0.4 is 21.0 Å². The predicted molar refractivity (Wildman–Crippen MR) is 155 cm³/mol. The zero-order chi connectivity index (χ0) is 25.2. The summed E-state index contributed by atoms with van der Waals surface area (Å²) in [4.78, 5) is 7.02. The summed E-state index contributed by atoms with van der Waals surface area (Å²) in [7, 11) is -2.55.